The van der Waals surface area contributed by atoms with Crippen LogP contribution in [0.1, 0.15) is 32.1 Å². The van der Waals surface area contributed by atoms with Crippen molar-refractivity contribution in [1.29, 1.82) is 0 Å². The predicted octanol–water partition coefficient (Wildman–Crippen LogP) is 1.78. The lowest BCUT2D eigenvalue weighted by atomic mass is 9.93. The molecule has 25 heavy (non-hydrogen) atoms. The molecule has 8 nitrogen and oxygen atoms in total. The van der Waals surface area contributed by atoms with Crippen molar-refractivity contribution < 1.29 is 9.72 Å². The summed E-state index contributed by atoms with van der Waals surface area (Å²) in [5.74, 6) is 1.52. The highest BCUT2D eigenvalue weighted by Crippen LogP contribution is 2.21. The normalized spacial score (nSPS) is 21.3. The molecule has 3 rings (SSSR count). The lowest BCUT2D eigenvalue weighted by Crippen LogP contribution is -2.33. The molecule has 2 aliphatic rings. The average Bonchev–Trinajstić information content (AvgIpc) is 3.09. The first kappa shape index (κ1) is 17.6. The molecular formula is C17H25N5O3. The van der Waals surface area contributed by atoms with Crippen LogP contribution in [0.2, 0.25) is 0 Å². The largest absolute Gasteiger partial charge is 0.365 e. The van der Waals surface area contributed by atoms with Crippen molar-refractivity contribution in [2.75, 3.05) is 31.5 Å². The summed E-state index contributed by atoms with van der Waals surface area (Å²) in [4.78, 5) is 28.6. The van der Waals surface area contributed by atoms with Crippen LogP contribution >= 0.6 is 0 Å². The Bertz CT molecular complexity index is 601. The number of rotatable bonds is 6. The standard InChI is InChI=1S/C17H25N5O3/c23-17(4-1-13-5-8-18-9-6-13)21-10-7-14(12-21)20-16-3-2-15(11-19-16)22(24)25/h2-3,11,13-14,18H,1,4-10,12H2,(H,19,20). The van der Waals surface area contributed by atoms with Gasteiger partial charge in [-0.1, -0.05) is 0 Å². The molecule has 1 aromatic heterocycles. The van der Waals surface area contributed by atoms with E-state index in [0.29, 0.717) is 24.7 Å². The third-order valence-corrected chi connectivity index (χ3v) is 5.08. The van der Waals surface area contributed by atoms with E-state index in [2.05, 4.69) is 15.6 Å². The summed E-state index contributed by atoms with van der Waals surface area (Å²) in [6.07, 6.45) is 6.08. The van der Waals surface area contributed by atoms with Crippen molar-refractivity contribution in [1.82, 2.24) is 15.2 Å². The molecule has 0 radical (unpaired) electrons. The highest BCUT2D eigenvalue weighted by Gasteiger charge is 2.27. The van der Waals surface area contributed by atoms with E-state index in [4.69, 9.17) is 0 Å². The van der Waals surface area contributed by atoms with Crippen molar-refractivity contribution >= 4 is 17.4 Å². The second kappa shape index (κ2) is 8.24. The molecule has 2 fully saturated rings. The van der Waals surface area contributed by atoms with Gasteiger partial charge in [-0.25, -0.2) is 4.98 Å². The minimum atomic E-state index is -0.463. The maximum Gasteiger partial charge on any atom is 0.287 e. The van der Waals surface area contributed by atoms with Crippen molar-refractivity contribution in [3.8, 4) is 0 Å². The summed E-state index contributed by atoms with van der Waals surface area (Å²) in [5, 5.41) is 17.3. The number of hydrogen-bond acceptors (Lipinski definition) is 6. The summed E-state index contributed by atoms with van der Waals surface area (Å²) in [5.41, 5.74) is -0.0216. The summed E-state index contributed by atoms with van der Waals surface area (Å²) in [6, 6.07) is 3.20. The number of nitrogens with zero attached hydrogens (tertiary/aromatic N) is 3. The van der Waals surface area contributed by atoms with E-state index < -0.39 is 4.92 Å². The molecule has 136 valence electrons. The lowest BCUT2D eigenvalue weighted by molar-refractivity contribution is -0.385. The van der Waals surface area contributed by atoms with E-state index in [0.717, 1.165) is 32.5 Å². The topological polar surface area (TPSA) is 100 Å². The summed E-state index contributed by atoms with van der Waals surface area (Å²) >= 11 is 0. The molecule has 2 saturated heterocycles. The fourth-order valence-electron chi connectivity index (χ4n) is 3.55. The van der Waals surface area contributed by atoms with Gasteiger partial charge in [-0.2, -0.15) is 0 Å². The Morgan fingerprint density at radius 2 is 2.16 bits per heavy atom. The summed E-state index contributed by atoms with van der Waals surface area (Å²) in [6.45, 7) is 3.56. The molecule has 0 saturated carbocycles. The van der Waals surface area contributed by atoms with Gasteiger partial charge in [-0.3, -0.25) is 14.9 Å². The van der Waals surface area contributed by atoms with Gasteiger partial charge in [-0.15, -0.1) is 0 Å². The molecule has 0 spiro atoms. The number of anilines is 1. The van der Waals surface area contributed by atoms with Crippen molar-refractivity contribution in [2.45, 2.75) is 38.1 Å². The van der Waals surface area contributed by atoms with Crippen LogP contribution in [0, 0.1) is 16.0 Å². The molecule has 0 bridgehead atoms. The Morgan fingerprint density at radius 3 is 2.84 bits per heavy atom. The number of amides is 1. The molecule has 2 N–H and O–H groups in total. The number of piperidine rings is 1. The van der Waals surface area contributed by atoms with Gasteiger partial charge < -0.3 is 15.5 Å². The Balaban J connectivity index is 1.42. The zero-order valence-corrected chi connectivity index (χ0v) is 14.3. The van der Waals surface area contributed by atoms with Crippen LogP contribution in [0.25, 0.3) is 0 Å². The first-order valence-electron chi connectivity index (χ1n) is 8.97. The highest BCUT2D eigenvalue weighted by molar-refractivity contribution is 5.76. The predicted molar refractivity (Wildman–Crippen MR) is 94.3 cm³/mol. The van der Waals surface area contributed by atoms with Crippen molar-refractivity contribution in [3.05, 3.63) is 28.4 Å². The average molecular weight is 347 g/mol. The van der Waals surface area contributed by atoms with Gasteiger partial charge in [0.25, 0.3) is 5.69 Å². The molecular weight excluding hydrogens is 322 g/mol. The molecule has 1 unspecified atom stereocenters. The zero-order valence-electron chi connectivity index (χ0n) is 14.3. The molecule has 1 atom stereocenters. The highest BCUT2D eigenvalue weighted by atomic mass is 16.6. The molecule has 8 heteroatoms. The van der Waals surface area contributed by atoms with Crippen LogP contribution in [-0.4, -0.2) is 52.9 Å². The second-order valence-electron chi connectivity index (χ2n) is 6.86. The zero-order chi connectivity index (χ0) is 17.6. The number of nitro groups is 1. The van der Waals surface area contributed by atoms with Gasteiger partial charge in [0, 0.05) is 31.6 Å². The van der Waals surface area contributed by atoms with Crippen LogP contribution in [0.3, 0.4) is 0 Å². The molecule has 1 amide bonds. The fraction of sp³-hybridized carbons (Fsp3) is 0.647. The Hall–Kier alpha value is -2.22. The molecule has 0 aliphatic carbocycles. The van der Waals surface area contributed by atoms with Crippen LogP contribution in [0.4, 0.5) is 11.5 Å². The van der Waals surface area contributed by atoms with Crippen LogP contribution in [0.5, 0.6) is 0 Å². The number of likely N-dealkylation sites (tertiary alicyclic amines) is 1. The van der Waals surface area contributed by atoms with E-state index in [1.54, 1.807) is 6.07 Å². The Kier molecular flexibility index (Phi) is 5.80. The van der Waals surface area contributed by atoms with Gasteiger partial charge in [0.2, 0.25) is 5.91 Å². The van der Waals surface area contributed by atoms with Crippen molar-refractivity contribution in [2.24, 2.45) is 5.92 Å². The monoisotopic (exact) mass is 347 g/mol. The number of hydrogen-bond donors (Lipinski definition) is 2. The number of pyridine rings is 1. The van der Waals surface area contributed by atoms with E-state index in [-0.39, 0.29) is 17.6 Å². The molecule has 2 aliphatic heterocycles. The van der Waals surface area contributed by atoms with E-state index >= 15 is 0 Å². The molecule has 0 aromatic carbocycles. The number of aromatic nitrogens is 1. The number of nitrogens with one attached hydrogen (secondary N) is 2. The quantitative estimate of drug-likeness (QED) is 0.601. The van der Waals surface area contributed by atoms with Gasteiger partial charge in [0.15, 0.2) is 0 Å². The second-order valence-corrected chi connectivity index (χ2v) is 6.86. The maximum atomic E-state index is 12.4. The molecule has 3 heterocycles. The smallest absolute Gasteiger partial charge is 0.287 e. The lowest BCUT2D eigenvalue weighted by Gasteiger charge is -2.23. The van der Waals surface area contributed by atoms with Gasteiger partial charge in [-0.05, 0) is 50.8 Å². The number of carbonyl (C=O) groups is 1. The fourth-order valence-corrected chi connectivity index (χ4v) is 3.55. The first-order valence-corrected chi connectivity index (χ1v) is 8.97. The van der Waals surface area contributed by atoms with E-state index in [1.807, 2.05) is 4.90 Å². The Morgan fingerprint density at radius 1 is 1.36 bits per heavy atom. The molecule has 1 aromatic rings. The Labute approximate surface area is 147 Å². The van der Waals surface area contributed by atoms with Crippen molar-refractivity contribution in [3.63, 3.8) is 0 Å². The minimum Gasteiger partial charge on any atom is -0.365 e. The first-order chi connectivity index (χ1) is 12.1. The van der Waals surface area contributed by atoms with E-state index in [1.165, 1.54) is 25.1 Å². The van der Waals surface area contributed by atoms with Crippen LogP contribution in [-0.2, 0) is 4.79 Å². The maximum absolute atomic E-state index is 12.4. The van der Waals surface area contributed by atoms with Gasteiger partial charge in [0.05, 0.1) is 4.92 Å². The third-order valence-electron chi connectivity index (χ3n) is 5.08. The van der Waals surface area contributed by atoms with Gasteiger partial charge in [0.1, 0.15) is 12.0 Å². The van der Waals surface area contributed by atoms with Crippen LogP contribution in [0.15, 0.2) is 18.3 Å². The van der Waals surface area contributed by atoms with Gasteiger partial charge >= 0.3 is 0 Å². The summed E-state index contributed by atoms with van der Waals surface area (Å²) < 4.78 is 0. The summed E-state index contributed by atoms with van der Waals surface area (Å²) in [7, 11) is 0. The van der Waals surface area contributed by atoms with E-state index in [9.17, 15) is 14.9 Å². The van der Waals surface area contributed by atoms with Crippen LogP contribution < -0.4 is 10.6 Å². The number of carbonyl (C=O) groups excluding carboxylic acids is 1. The third kappa shape index (κ3) is 4.88. The SMILES string of the molecule is O=C(CCC1CCNCC1)N1CCC(Nc2ccc([N+](=O)[O-])cn2)C1. The minimum absolute atomic E-state index is 0.0216.